The third-order valence-corrected chi connectivity index (χ3v) is 4.81. The van der Waals surface area contributed by atoms with Crippen molar-refractivity contribution < 1.29 is 12.9 Å². The van der Waals surface area contributed by atoms with Crippen LogP contribution in [0.15, 0.2) is 22.7 Å². The number of nitrogens with one attached hydrogen (secondary N) is 2. The van der Waals surface area contributed by atoms with Crippen molar-refractivity contribution in [2.45, 2.75) is 45.3 Å². The molecule has 1 aliphatic rings. The van der Waals surface area contributed by atoms with Gasteiger partial charge >= 0.3 is 0 Å². The zero-order chi connectivity index (χ0) is 17.2. The first-order valence-electron chi connectivity index (χ1n) is 7.97. The van der Waals surface area contributed by atoms with Gasteiger partial charge in [-0.1, -0.05) is 11.2 Å². The van der Waals surface area contributed by atoms with E-state index in [1.807, 2.05) is 25.1 Å². The Bertz CT molecular complexity index is 816. The van der Waals surface area contributed by atoms with Crippen LogP contribution < -0.4 is 10.0 Å². The molecule has 0 spiro atoms. The van der Waals surface area contributed by atoms with Crippen LogP contribution in [0, 0.1) is 6.92 Å². The van der Waals surface area contributed by atoms with Crippen LogP contribution in [-0.4, -0.2) is 30.9 Å². The highest BCUT2D eigenvalue weighted by Gasteiger charge is 2.25. The Kier molecular flexibility index (Phi) is 4.98. The van der Waals surface area contributed by atoms with Crippen molar-refractivity contribution in [3.8, 4) is 0 Å². The van der Waals surface area contributed by atoms with E-state index in [9.17, 15) is 8.42 Å². The average Bonchev–Trinajstić information content (AvgIpc) is 2.93. The fourth-order valence-corrected chi connectivity index (χ4v) is 3.32. The predicted molar refractivity (Wildman–Crippen MR) is 89.8 cm³/mol. The van der Waals surface area contributed by atoms with Gasteiger partial charge in [0.25, 0.3) is 0 Å². The lowest BCUT2D eigenvalue weighted by Gasteiger charge is -2.22. The normalized spacial score (nSPS) is 17.7. The lowest BCUT2D eigenvalue weighted by Crippen LogP contribution is -2.34. The number of nitrogens with zero attached hydrogens (tertiary/aromatic N) is 2. The van der Waals surface area contributed by atoms with Crippen LogP contribution in [0.3, 0.4) is 0 Å². The number of sulfonamides is 1. The van der Waals surface area contributed by atoms with Crippen LogP contribution in [0.2, 0.25) is 0 Å². The maximum Gasteiger partial charge on any atom is 0.209 e. The molecule has 7 nitrogen and oxygen atoms in total. The highest BCUT2D eigenvalue weighted by atomic mass is 32.2. The summed E-state index contributed by atoms with van der Waals surface area (Å²) in [7, 11) is -3.25. The summed E-state index contributed by atoms with van der Waals surface area (Å²) in [5.74, 6) is 0.868. The highest BCUT2D eigenvalue weighted by molar-refractivity contribution is 7.88. The first-order valence-corrected chi connectivity index (χ1v) is 9.87. The van der Waals surface area contributed by atoms with Crippen molar-refractivity contribution >= 4 is 10.0 Å². The first kappa shape index (κ1) is 17.1. The van der Waals surface area contributed by atoms with Gasteiger partial charge in [-0.05, 0) is 31.9 Å². The van der Waals surface area contributed by atoms with Gasteiger partial charge in [-0.15, -0.1) is 0 Å². The molecule has 0 saturated carbocycles. The predicted octanol–water partition coefficient (Wildman–Crippen LogP) is 1.07. The molecule has 2 aromatic rings. The van der Waals surface area contributed by atoms with Gasteiger partial charge < -0.3 is 9.84 Å². The molecule has 0 radical (unpaired) electrons. The van der Waals surface area contributed by atoms with Crippen LogP contribution in [0.5, 0.6) is 0 Å². The number of hydrogen-bond donors (Lipinski definition) is 2. The molecule has 3 rings (SSSR count). The second-order valence-electron chi connectivity index (χ2n) is 6.22. The molecule has 0 fully saturated rings. The summed E-state index contributed by atoms with van der Waals surface area (Å²) < 4.78 is 30.3. The van der Waals surface area contributed by atoms with Crippen molar-refractivity contribution in [1.82, 2.24) is 20.2 Å². The van der Waals surface area contributed by atoms with Gasteiger partial charge in [0.1, 0.15) is 11.5 Å². The molecule has 2 N–H and O–H groups in total. The second-order valence-corrected chi connectivity index (χ2v) is 8.05. The topological polar surface area (TPSA) is 97.1 Å². The number of rotatable bonds is 6. The summed E-state index contributed by atoms with van der Waals surface area (Å²) in [6.07, 6.45) is 3.69. The van der Waals surface area contributed by atoms with Gasteiger partial charge in [-0.3, -0.25) is 4.98 Å². The Morgan fingerprint density at radius 1 is 1.33 bits per heavy atom. The molecule has 130 valence electrons. The van der Waals surface area contributed by atoms with Crippen molar-refractivity contribution in [3.05, 3.63) is 46.6 Å². The molecule has 0 aromatic carbocycles. The molecule has 24 heavy (non-hydrogen) atoms. The molecule has 0 saturated heterocycles. The van der Waals surface area contributed by atoms with E-state index in [-0.39, 0.29) is 6.54 Å². The van der Waals surface area contributed by atoms with E-state index in [1.165, 1.54) is 0 Å². The molecule has 0 amide bonds. The standard InChI is InChI=1S/C16H22N4O3S/c1-11-4-3-5-13(19-11)9-17-12-6-7-16-14(8-12)15(20-23-16)10-18-24(2,21)22/h3-5,12,17-18H,6-10H2,1-2H3. The quantitative estimate of drug-likeness (QED) is 0.809. The minimum absolute atomic E-state index is 0.170. The molecule has 1 aliphatic carbocycles. The van der Waals surface area contributed by atoms with E-state index >= 15 is 0 Å². The summed E-state index contributed by atoms with van der Waals surface area (Å²) in [6, 6.07) is 6.30. The van der Waals surface area contributed by atoms with E-state index < -0.39 is 10.0 Å². The fraction of sp³-hybridized carbons (Fsp3) is 0.500. The Labute approximate surface area is 141 Å². The molecule has 2 heterocycles. The smallest absolute Gasteiger partial charge is 0.209 e. The lowest BCUT2D eigenvalue weighted by atomic mass is 9.92. The largest absolute Gasteiger partial charge is 0.361 e. The van der Waals surface area contributed by atoms with Crippen LogP contribution >= 0.6 is 0 Å². The number of aromatic nitrogens is 2. The van der Waals surface area contributed by atoms with Gasteiger partial charge in [-0.25, -0.2) is 13.1 Å². The van der Waals surface area contributed by atoms with Crippen LogP contribution in [0.25, 0.3) is 0 Å². The van der Waals surface area contributed by atoms with Gasteiger partial charge in [-0.2, -0.15) is 0 Å². The van der Waals surface area contributed by atoms with Crippen LogP contribution in [0.4, 0.5) is 0 Å². The molecular formula is C16H22N4O3S. The maximum atomic E-state index is 11.3. The Morgan fingerprint density at radius 3 is 2.92 bits per heavy atom. The van der Waals surface area contributed by atoms with Crippen molar-refractivity contribution in [2.24, 2.45) is 0 Å². The summed E-state index contributed by atoms with van der Waals surface area (Å²) in [5, 5.41) is 7.55. The summed E-state index contributed by atoms with van der Waals surface area (Å²) in [6.45, 7) is 2.86. The monoisotopic (exact) mass is 350 g/mol. The van der Waals surface area contributed by atoms with E-state index in [0.717, 1.165) is 48.2 Å². The summed E-state index contributed by atoms with van der Waals surface area (Å²) in [5.41, 5.74) is 3.72. The lowest BCUT2D eigenvalue weighted by molar-refractivity contribution is 0.350. The first-order chi connectivity index (χ1) is 11.4. The molecule has 1 atom stereocenters. The fourth-order valence-electron chi connectivity index (χ4n) is 2.92. The Morgan fingerprint density at radius 2 is 2.17 bits per heavy atom. The van der Waals surface area contributed by atoms with E-state index in [4.69, 9.17) is 4.52 Å². The van der Waals surface area contributed by atoms with E-state index in [2.05, 4.69) is 20.2 Å². The zero-order valence-corrected chi connectivity index (χ0v) is 14.7. The summed E-state index contributed by atoms with van der Waals surface area (Å²) in [4.78, 5) is 4.50. The number of fused-ring (bicyclic) bond motifs is 1. The Balaban J connectivity index is 1.62. The minimum atomic E-state index is -3.25. The molecule has 0 aliphatic heterocycles. The molecule has 8 heteroatoms. The average molecular weight is 350 g/mol. The van der Waals surface area contributed by atoms with Gasteiger partial charge in [0.15, 0.2) is 0 Å². The minimum Gasteiger partial charge on any atom is -0.361 e. The van der Waals surface area contributed by atoms with Gasteiger partial charge in [0.05, 0.1) is 18.5 Å². The third-order valence-electron chi connectivity index (χ3n) is 4.14. The van der Waals surface area contributed by atoms with Crippen LogP contribution in [0.1, 0.15) is 34.8 Å². The SMILES string of the molecule is Cc1cccc(CNC2CCc3onc(CNS(C)(=O)=O)c3C2)n1. The maximum absolute atomic E-state index is 11.3. The Hall–Kier alpha value is -1.77. The second kappa shape index (κ2) is 7.00. The molecule has 0 bridgehead atoms. The third kappa shape index (κ3) is 4.40. The number of hydrogen-bond acceptors (Lipinski definition) is 6. The van der Waals surface area contributed by atoms with Crippen molar-refractivity contribution in [1.29, 1.82) is 0 Å². The van der Waals surface area contributed by atoms with Gasteiger partial charge in [0, 0.05) is 30.3 Å². The number of pyridine rings is 1. The number of aryl methyl sites for hydroxylation is 2. The van der Waals surface area contributed by atoms with E-state index in [1.54, 1.807) is 0 Å². The van der Waals surface area contributed by atoms with Gasteiger partial charge in [0.2, 0.25) is 10.0 Å². The van der Waals surface area contributed by atoms with Crippen LogP contribution in [-0.2, 0) is 36.0 Å². The van der Waals surface area contributed by atoms with Crippen molar-refractivity contribution in [3.63, 3.8) is 0 Å². The summed E-state index contributed by atoms with van der Waals surface area (Å²) >= 11 is 0. The molecular weight excluding hydrogens is 328 g/mol. The zero-order valence-electron chi connectivity index (χ0n) is 13.9. The highest BCUT2D eigenvalue weighted by Crippen LogP contribution is 2.25. The van der Waals surface area contributed by atoms with E-state index in [0.29, 0.717) is 18.3 Å². The molecule has 1 unspecified atom stereocenters. The molecule has 2 aromatic heterocycles. The van der Waals surface area contributed by atoms with Crippen molar-refractivity contribution in [2.75, 3.05) is 6.26 Å².